The van der Waals surface area contributed by atoms with Crippen LogP contribution in [0.1, 0.15) is 37.5 Å². The van der Waals surface area contributed by atoms with E-state index in [1.54, 1.807) is 93.6 Å². The topological polar surface area (TPSA) is 253 Å². The summed E-state index contributed by atoms with van der Waals surface area (Å²) in [5, 5.41) is 36.7. The van der Waals surface area contributed by atoms with Crippen LogP contribution in [0.2, 0.25) is 0 Å². The van der Waals surface area contributed by atoms with Crippen molar-refractivity contribution in [2.45, 2.75) is 62.3 Å². The molecule has 0 bridgehead atoms. The molecule has 2 atom stereocenters. The van der Waals surface area contributed by atoms with E-state index in [1.165, 1.54) is 32.2 Å². The molecule has 5 aromatic rings. The minimum atomic E-state index is -4.90. The molecule has 5 N–H and O–H groups in total. The number of hydrogen-bond donors (Lipinski definition) is 5. The van der Waals surface area contributed by atoms with Gasteiger partial charge in [0.05, 0.1) is 45.5 Å². The maximum Gasteiger partial charge on any atom is 0.404 e. The monoisotopic (exact) mass is 1010 g/mol. The number of nitrogens with one attached hydrogen (secondary N) is 3. The van der Waals surface area contributed by atoms with E-state index in [4.69, 9.17) is 14.2 Å². The van der Waals surface area contributed by atoms with Gasteiger partial charge in [-0.25, -0.2) is 31.1 Å². The average Bonchev–Trinajstić information content (AvgIpc) is 3.69. The highest BCUT2D eigenvalue weighted by Crippen LogP contribution is 2.38. The van der Waals surface area contributed by atoms with E-state index in [1.807, 2.05) is 22.6 Å². The summed E-state index contributed by atoms with van der Waals surface area (Å²) in [7, 11) is -5.27. The Morgan fingerprint density at radius 3 is 1.69 bits per heavy atom. The smallest absolute Gasteiger partial charge is 0.404 e. The lowest BCUT2D eigenvalue weighted by molar-refractivity contribution is 0.151. The number of tetrazole rings is 1. The molecule has 19 nitrogen and oxygen atoms in total. The quantitative estimate of drug-likeness (QED) is 0.0683. The summed E-state index contributed by atoms with van der Waals surface area (Å²) in [5.41, 5.74) is 0.766. The number of carboxylic acid groups (broad SMARTS) is 2. The summed E-state index contributed by atoms with van der Waals surface area (Å²) in [4.78, 5) is 23.6. The van der Waals surface area contributed by atoms with Crippen molar-refractivity contribution in [3.63, 3.8) is 0 Å². The van der Waals surface area contributed by atoms with Crippen molar-refractivity contribution < 1.29 is 50.8 Å². The van der Waals surface area contributed by atoms with Crippen molar-refractivity contribution in [2.24, 2.45) is 5.41 Å². The minimum Gasteiger partial charge on any atom is -0.497 e. The molecule has 62 heavy (non-hydrogen) atoms. The molecule has 0 aliphatic heterocycles. The first-order valence-corrected chi connectivity index (χ1v) is 22.7. The third-order valence-corrected chi connectivity index (χ3v) is 13.9. The maximum absolute atomic E-state index is 15.5. The molecule has 1 aromatic heterocycles. The van der Waals surface area contributed by atoms with E-state index in [0.29, 0.717) is 28.4 Å². The summed E-state index contributed by atoms with van der Waals surface area (Å²) in [6.45, 7) is 3.90. The standard InChI is InChI=1S/C40H47IN8O11S2/c1-40(2,3)36(44-39(52)53)32(43-38(50)51)21-42-61(54,55)33-20-19-31(41)34(37-45-47-49(46-37)24-27-11-17-30(60-6)18-12-27)35(33)62(56,57)48(22-25-7-13-28(58-4)14-8-25)23-26-9-15-29(59-5)16-10-26/h7-20,32,36,42-44H,21-24H2,1-6H3,(H,50,51)(H,52,53). The van der Waals surface area contributed by atoms with Gasteiger partial charge >= 0.3 is 12.2 Å². The Hall–Kier alpha value is -5.56. The molecule has 2 unspecified atom stereocenters. The van der Waals surface area contributed by atoms with Gasteiger partial charge in [0, 0.05) is 23.2 Å². The Bertz CT molecular complexity index is 2520. The van der Waals surface area contributed by atoms with E-state index in [2.05, 4.69) is 30.8 Å². The van der Waals surface area contributed by atoms with Gasteiger partial charge in [0.1, 0.15) is 27.0 Å². The van der Waals surface area contributed by atoms with Gasteiger partial charge in [-0.2, -0.15) is 9.10 Å². The zero-order valence-electron chi connectivity index (χ0n) is 34.6. The number of benzene rings is 4. The van der Waals surface area contributed by atoms with Gasteiger partial charge in [0.15, 0.2) is 0 Å². The first-order chi connectivity index (χ1) is 29.2. The van der Waals surface area contributed by atoms with Crippen molar-refractivity contribution in [1.82, 2.24) is 39.9 Å². The molecule has 0 saturated carbocycles. The zero-order chi connectivity index (χ0) is 45.4. The van der Waals surface area contributed by atoms with Gasteiger partial charge in [-0.1, -0.05) is 57.2 Å². The number of methoxy groups -OCH3 is 3. The molecular formula is C40H47IN8O11S2. The van der Waals surface area contributed by atoms with Gasteiger partial charge < -0.3 is 35.1 Å². The van der Waals surface area contributed by atoms with Crippen LogP contribution in [0.25, 0.3) is 11.4 Å². The number of amides is 2. The van der Waals surface area contributed by atoms with Crippen molar-refractivity contribution in [1.29, 1.82) is 0 Å². The number of sulfonamides is 2. The molecule has 22 heteroatoms. The number of carbonyl (C=O) groups is 2. The lowest BCUT2D eigenvalue weighted by Crippen LogP contribution is -2.60. The molecule has 0 saturated heterocycles. The summed E-state index contributed by atoms with van der Waals surface area (Å²) >= 11 is 1.88. The molecule has 2 amide bonds. The third-order valence-electron chi connectivity index (χ3n) is 9.57. The van der Waals surface area contributed by atoms with E-state index < -0.39 is 66.1 Å². The van der Waals surface area contributed by atoms with Gasteiger partial charge in [-0.3, -0.25) is 0 Å². The first-order valence-electron chi connectivity index (χ1n) is 18.7. The zero-order valence-corrected chi connectivity index (χ0v) is 38.4. The van der Waals surface area contributed by atoms with Crippen LogP contribution < -0.4 is 29.6 Å². The number of aromatic nitrogens is 4. The highest BCUT2D eigenvalue weighted by Gasteiger charge is 2.39. The number of ether oxygens (including phenoxy) is 3. The molecule has 1 heterocycles. The second kappa shape index (κ2) is 20.1. The van der Waals surface area contributed by atoms with Crippen LogP contribution in [-0.2, 0) is 39.7 Å². The molecule has 0 aliphatic rings. The summed E-state index contributed by atoms with van der Waals surface area (Å²) in [6, 6.07) is 20.5. The third kappa shape index (κ3) is 11.9. The fourth-order valence-electron chi connectivity index (χ4n) is 6.49. The summed E-state index contributed by atoms with van der Waals surface area (Å²) in [5.74, 6) is 1.49. The highest BCUT2D eigenvalue weighted by atomic mass is 127. The van der Waals surface area contributed by atoms with Crippen LogP contribution in [0.4, 0.5) is 9.59 Å². The van der Waals surface area contributed by atoms with E-state index >= 15 is 8.42 Å². The van der Waals surface area contributed by atoms with Crippen molar-refractivity contribution in [3.05, 3.63) is 105 Å². The van der Waals surface area contributed by atoms with Gasteiger partial charge in [0.2, 0.25) is 25.9 Å². The van der Waals surface area contributed by atoms with Crippen LogP contribution in [-0.4, -0.2) is 104 Å². The molecule has 0 fully saturated rings. The minimum absolute atomic E-state index is 0.119. The molecule has 4 aromatic carbocycles. The Morgan fingerprint density at radius 1 is 0.758 bits per heavy atom. The fraction of sp³-hybridized carbons (Fsp3) is 0.325. The Morgan fingerprint density at radius 2 is 1.24 bits per heavy atom. The second-order valence-corrected chi connectivity index (χ2v) is 19.7. The Labute approximate surface area is 373 Å². The summed E-state index contributed by atoms with van der Waals surface area (Å²) in [6.07, 6.45) is -3.02. The van der Waals surface area contributed by atoms with Crippen LogP contribution in [0.3, 0.4) is 0 Å². The number of nitrogens with zero attached hydrogens (tertiary/aromatic N) is 5. The second-order valence-electron chi connectivity index (χ2n) is 14.9. The Kier molecular flexibility index (Phi) is 15.4. The van der Waals surface area contributed by atoms with Crippen LogP contribution in [0, 0.1) is 8.99 Å². The van der Waals surface area contributed by atoms with Crippen LogP contribution in [0.15, 0.2) is 94.7 Å². The SMILES string of the molecule is COc1ccc(CN(Cc2ccc(OC)cc2)S(=O)(=O)c2c(S(=O)(=O)NCC(NC(=O)O)C(NC(=O)O)C(C)(C)C)ccc(I)c2-c2nnn(Cc3ccc(OC)cc3)n2)cc1. The molecule has 0 radical (unpaired) electrons. The largest absolute Gasteiger partial charge is 0.497 e. The number of hydrogen-bond acceptors (Lipinski definition) is 12. The van der Waals surface area contributed by atoms with Crippen molar-refractivity contribution in [2.75, 3.05) is 27.9 Å². The summed E-state index contributed by atoms with van der Waals surface area (Å²) < 4.78 is 80.0. The molecule has 5 rings (SSSR count). The van der Waals surface area contributed by atoms with Gasteiger partial charge in [-0.15, -0.1) is 10.2 Å². The van der Waals surface area contributed by atoms with E-state index in [9.17, 15) is 28.2 Å². The Balaban J connectivity index is 1.70. The predicted octanol–water partition coefficient (Wildman–Crippen LogP) is 5.01. The van der Waals surface area contributed by atoms with Crippen molar-refractivity contribution in [3.8, 4) is 28.6 Å². The van der Waals surface area contributed by atoms with Gasteiger partial charge in [-0.05, 0) is 98.4 Å². The fourth-order valence-corrected chi connectivity index (χ4v) is 10.8. The van der Waals surface area contributed by atoms with Crippen LogP contribution in [0.5, 0.6) is 17.2 Å². The number of rotatable bonds is 19. The average molecular weight is 1010 g/mol. The van der Waals surface area contributed by atoms with E-state index in [0.717, 1.165) is 15.9 Å². The molecule has 0 aliphatic carbocycles. The first kappa shape index (κ1) is 47.5. The molecule has 0 spiro atoms. The lowest BCUT2D eigenvalue weighted by atomic mass is 9.82. The number of halogens is 1. The lowest BCUT2D eigenvalue weighted by Gasteiger charge is -2.36. The molecular weight excluding hydrogens is 960 g/mol. The normalized spacial score (nSPS) is 13.0. The highest BCUT2D eigenvalue weighted by molar-refractivity contribution is 14.1. The van der Waals surface area contributed by atoms with Gasteiger partial charge in [0.25, 0.3) is 0 Å². The molecule has 332 valence electrons. The van der Waals surface area contributed by atoms with E-state index in [-0.39, 0.29) is 34.6 Å². The maximum atomic E-state index is 15.5. The van der Waals surface area contributed by atoms with Crippen LogP contribution >= 0.6 is 22.6 Å². The van der Waals surface area contributed by atoms with Crippen molar-refractivity contribution >= 4 is 54.8 Å². The predicted molar refractivity (Wildman–Crippen MR) is 235 cm³/mol.